The largest absolute Gasteiger partial charge is 0.410 e. The van der Waals surface area contributed by atoms with E-state index < -0.39 is 16.6 Å². The molecule has 0 bridgehead atoms. The third-order valence-electron chi connectivity index (χ3n) is 10.4. The quantitative estimate of drug-likeness (QED) is 0.144. The second-order valence-electron chi connectivity index (χ2n) is 15.6. The van der Waals surface area contributed by atoms with Gasteiger partial charge in [0.15, 0.2) is 8.32 Å². The molecular formula is C37H58O4Si2. The van der Waals surface area contributed by atoms with Gasteiger partial charge >= 0.3 is 0 Å². The molecule has 238 valence electrons. The van der Waals surface area contributed by atoms with Crippen molar-refractivity contribution in [3.05, 3.63) is 72.3 Å². The van der Waals surface area contributed by atoms with Crippen LogP contribution in [-0.4, -0.2) is 54.8 Å². The second-order valence-corrected chi connectivity index (χ2v) is 24.6. The lowest BCUT2D eigenvalue weighted by Crippen LogP contribution is -2.68. The first-order valence-corrected chi connectivity index (χ1v) is 21.2. The van der Waals surface area contributed by atoms with Crippen molar-refractivity contribution in [1.29, 1.82) is 0 Å². The Bertz CT molecular complexity index is 1160. The summed E-state index contributed by atoms with van der Waals surface area (Å²) in [5.41, 5.74) is 1.35. The Morgan fingerprint density at radius 3 is 1.84 bits per heavy atom. The predicted molar refractivity (Wildman–Crippen MR) is 185 cm³/mol. The van der Waals surface area contributed by atoms with Crippen molar-refractivity contribution in [2.75, 3.05) is 13.7 Å². The third kappa shape index (κ3) is 7.65. The van der Waals surface area contributed by atoms with Crippen LogP contribution in [0.1, 0.15) is 74.7 Å². The van der Waals surface area contributed by atoms with Crippen LogP contribution in [0, 0.1) is 11.8 Å². The van der Waals surface area contributed by atoms with Gasteiger partial charge in [-0.05, 0) is 71.2 Å². The van der Waals surface area contributed by atoms with E-state index >= 15 is 0 Å². The van der Waals surface area contributed by atoms with E-state index in [-0.39, 0.29) is 28.4 Å². The Morgan fingerprint density at radius 2 is 1.40 bits per heavy atom. The molecule has 0 amide bonds. The summed E-state index contributed by atoms with van der Waals surface area (Å²) >= 11 is 0. The molecule has 6 heteroatoms. The van der Waals surface area contributed by atoms with Crippen LogP contribution in [-0.2, 0) is 18.3 Å². The predicted octanol–water partition coefficient (Wildman–Crippen LogP) is 8.12. The highest BCUT2D eigenvalue weighted by atomic mass is 28.4. The molecule has 2 aliphatic rings. The maximum absolute atomic E-state index is 7.56. The van der Waals surface area contributed by atoms with E-state index in [9.17, 15) is 0 Å². The molecular weight excluding hydrogens is 565 g/mol. The van der Waals surface area contributed by atoms with Crippen LogP contribution >= 0.6 is 0 Å². The molecule has 0 N–H and O–H groups in total. The van der Waals surface area contributed by atoms with Crippen LogP contribution in [0.5, 0.6) is 0 Å². The molecule has 4 rings (SSSR count). The molecule has 4 nitrogen and oxygen atoms in total. The second kappa shape index (κ2) is 13.4. The van der Waals surface area contributed by atoms with Crippen LogP contribution in [0.25, 0.3) is 0 Å². The lowest BCUT2D eigenvalue weighted by molar-refractivity contribution is -0.0368. The van der Waals surface area contributed by atoms with E-state index in [4.69, 9.17) is 18.3 Å². The first-order valence-electron chi connectivity index (χ1n) is 16.4. The van der Waals surface area contributed by atoms with Crippen molar-refractivity contribution in [2.24, 2.45) is 11.8 Å². The maximum atomic E-state index is 7.56. The van der Waals surface area contributed by atoms with E-state index in [0.29, 0.717) is 17.9 Å². The van der Waals surface area contributed by atoms with Crippen LogP contribution in [0.15, 0.2) is 72.3 Å². The van der Waals surface area contributed by atoms with Gasteiger partial charge in [0, 0.05) is 13.0 Å². The van der Waals surface area contributed by atoms with Gasteiger partial charge in [0.05, 0.1) is 31.0 Å². The van der Waals surface area contributed by atoms with Crippen LogP contribution in [0.4, 0.5) is 0 Å². The Morgan fingerprint density at radius 1 is 0.860 bits per heavy atom. The number of hydrogen-bond donors (Lipinski definition) is 0. The van der Waals surface area contributed by atoms with Crippen molar-refractivity contribution in [3.63, 3.8) is 0 Å². The Hall–Kier alpha value is -1.55. The molecule has 1 heterocycles. The van der Waals surface area contributed by atoms with Gasteiger partial charge in [-0.1, -0.05) is 115 Å². The number of allylic oxidation sites excluding steroid dienone is 1. The van der Waals surface area contributed by atoms with Crippen molar-refractivity contribution >= 4 is 27.0 Å². The zero-order valence-electron chi connectivity index (χ0n) is 28.8. The minimum absolute atomic E-state index is 0.0356. The van der Waals surface area contributed by atoms with E-state index in [2.05, 4.69) is 135 Å². The van der Waals surface area contributed by atoms with Crippen molar-refractivity contribution in [3.8, 4) is 0 Å². The minimum atomic E-state index is -2.66. The molecule has 6 atom stereocenters. The molecule has 1 aliphatic heterocycles. The monoisotopic (exact) mass is 622 g/mol. The van der Waals surface area contributed by atoms with E-state index in [1.54, 1.807) is 0 Å². The smallest absolute Gasteiger partial charge is 0.261 e. The highest BCUT2D eigenvalue weighted by molar-refractivity contribution is 6.99. The molecule has 0 unspecified atom stereocenters. The van der Waals surface area contributed by atoms with Gasteiger partial charge in [-0.3, -0.25) is 0 Å². The summed E-state index contributed by atoms with van der Waals surface area (Å²) < 4.78 is 26.7. The van der Waals surface area contributed by atoms with Crippen LogP contribution in [0.2, 0.25) is 23.2 Å². The Labute approximate surface area is 264 Å². The Balaban J connectivity index is 1.60. The van der Waals surface area contributed by atoms with Crippen LogP contribution in [0.3, 0.4) is 0 Å². The lowest BCUT2D eigenvalue weighted by atomic mass is 9.83. The molecule has 2 fully saturated rings. The molecule has 1 saturated carbocycles. The number of epoxide rings is 1. The van der Waals surface area contributed by atoms with E-state index in [0.717, 1.165) is 25.9 Å². The molecule has 2 aromatic rings. The van der Waals surface area contributed by atoms with Crippen molar-refractivity contribution in [1.82, 2.24) is 0 Å². The number of ether oxygens (including phenoxy) is 2. The first-order chi connectivity index (χ1) is 20.1. The number of methoxy groups -OCH3 is 1. The topological polar surface area (TPSA) is 40.2 Å². The number of hydrogen-bond acceptors (Lipinski definition) is 4. The standard InChI is InChI=1S/C37H58O4Si2/c1-27(35(28(2)34-26-39-34)41-42(10,11)36(3,4)5)24-29-22-23-32(33(25-29)38-9)40-43(37(6,7)8,30-18-14-12-15-19-30)31-20-16-13-17-21-31/h12-21,24,28-29,32-35H,22-23,25-26H2,1-11H3/b27-24+/t28-,29+,32-,33-,34+,35-/m1/s1. The molecule has 0 radical (unpaired) electrons. The highest BCUT2D eigenvalue weighted by Gasteiger charge is 2.53. The third-order valence-corrected chi connectivity index (χ3v) is 19.9. The van der Waals surface area contributed by atoms with Crippen molar-refractivity contribution < 1.29 is 18.3 Å². The summed E-state index contributed by atoms with van der Waals surface area (Å²) in [6, 6.07) is 21.9. The van der Waals surface area contributed by atoms with Gasteiger partial charge in [-0.15, -0.1) is 0 Å². The van der Waals surface area contributed by atoms with Gasteiger partial charge in [-0.25, -0.2) is 0 Å². The average molecular weight is 623 g/mol. The fourth-order valence-electron chi connectivity index (χ4n) is 6.71. The Kier molecular flexibility index (Phi) is 10.7. The van der Waals surface area contributed by atoms with E-state index in [1.165, 1.54) is 15.9 Å². The maximum Gasteiger partial charge on any atom is 0.261 e. The van der Waals surface area contributed by atoms with Crippen LogP contribution < -0.4 is 10.4 Å². The summed E-state index contributed by atoms with van der Waals surface area (Å²) in [6.45, 7) is 24.2. The molecule has 1 aliphatic carbocycles. The summed E-state index contributed by atoms with van der Waals surface area (Å²) in [5, 5.41) is 2.75. The fraction of sp³-hybridized carbons (Fsp3) is 0.622. The van der Waals surface area contributed by atoms with E-state index in [1.807, 2.05) is 7.11 Å². The van der Waals surface area contributed by atoms with Gasteiger partial charge in [0.2, 0.25) is 0 Å². The highest BCUT2D eigenvalue weighted by Crippen LogP contribution is 2.43. The van der Waals surface area contributed by atoms with Gasteiger partial charge in [0.1, 0.15) is 0 Å². The SMILES string of the molecule is CO[C@@H]1C[C@H](/C=C(\C)[C@@H](O[Si](C)(C)C(C)(C)C)[C@H](C)[C@@H]2CO2)CC[C@H]1O[Si](c1ccccc1)(c1ccccc1)C(C)(C)C. The summed E-state index contributed by atoms with van der Waals surface area (Å²) in [6.07, 6.45) is 5.99. The minimum Gasteiger partial charge on any atom is -0.410 e. The van der Waals surface area contributed by atoms with Gasteiger partial charge in [-0.2, -0.15) is 0 Å². The normalized spacial score (nSPS) is 25.3. The first kappa shape index (κ1) is 34.3. The molecule has 1 saturated heterocycles. The molecule has 2 aromatic carbocycles. The average Bonchev–Trinajstić information content (AvgIpc) is 3.80. The summed E-state index contributed by atoms with van der Waals surface area (Å²) in [5.74, 6) is 0.778. The number of rotatable bonds is 11. The lowest BCUT2D eigenvalue weighted by Gasteiger charge is -2.48. The van der Waals surface area contributed by atoms with Crippen molar-refractivity contribution in [2.45, 2.75) is 122 Å². The fourth-order valence-corrected chi connectivity index (χ4v) is 12.8. The van der Waals surface area contributed by atoms with Gasteiger partial charge < -0.3 is 18.3 Å². The molecule has 43 heavy (non-hydrogen) atoms. The summed E-state index contributed by atoms with van der Waals surface area (Å²) in [4.78, 5) is 0. The number of benzene rings is 2. The summed E-state index contributed by atoms with van der Waals surface area (Å²) in [7, 11) is -2.75. The zero-order valence-corrected chi connectivity index (χ0v) is 30.8. The molecule has 0 spiro atoms. The molecule has 0 aromatic heterocycles. The zero-order chi connectivity index (χ0) is 31.6. The van der Waals surface area contributed by atoms with Gasteiger partial charge in [0.25, 0.3) is 8.32 Å².